The second-order valence-corrected chi connectivity index (χ2v) is 8.40. The summed E-state index contributed by atoms with van der Waals surface area (Å²) in [5, 5.41) is 5.18. The molecule has 6 heteroatoms. The highest BCUT2D eigenvalue weighted by Crippen LogP contribution is 2.32. The summed E-state index contributed by atoms with van der Waals surface area (Å²) in [5.41, 5.74) is 5.13. The molecule has 29 heavy (non-hydrogen) atoms. The van der Waals surface area contributed by atoms with Gasteiger partial charge < -0.3 is 0 Å². The molecule has 0 aliphatic heterocycles. The van der Waals surface area contributed by atoms with E-state index in [1.807, 2.05) is 18.2 Å². The fourth-order valence-electron chi connectivity index (χ4n) is 3.72. The lowest BCUT2D eigenvalue weighted by Gasteiger charge is -2.23. The fourth-order valence-corrected chi connectivity index (χ4v) is 4.50. The summed E-state index contributed by atoms with van der Waals surface area (Å²) in [6.45, 7) is 2.07. The lowest BCUT2D eigenvalue weighted by molar-refractivity contribution is 0.0962. The maximum absolute atomic E-state index is 12.8. The lowest BCUT2D eigenvalue weighted by Crippen LogP contribution is -2.21. The molecule has 0 saturated carbocycles. The molecule has 1 aliphatic carbocycles. The van der Waals surface area contributed by atoms with Crippen molar-refractivity contribution in [3.8, 4) is 0 Å². The van der Waals surface area contributed by atoms with Crippen LogP contribution in [0.4, 0.5) is 0 Å². The van der Waals surface area contributed by atoms with Crippen molar-refractivity contribution < 1.29 is 4.79 Å². The number of rotatable bonds is 4. The van der Waals surface area contributed by atoms with Crippen molar-refractivity contribution in [1.82, 2.24) is 19.6 Å². The molecule has 0 bridgehead atoms. The van der Waals surface area contributed by atoms with Crippen LogP contribution in [0.25, 0.3) is 5.78 Å². The minimum absolute atomic E-state index is 0.125. The first-order chi connectivity index (χ1) is 14.2. The average molecular weight is 401 g/mol. The molecule has 5 rings (SSSR count). The van der Waals surface area contributed by atoms with Gasteiger partial charge in [0.15, 0.2) is 5.78 Å². The number of carbonyl (C=O) groups is 1. The van der Waals surface area contributed by atoms with Gasteiger partial charge in [0.05, 0.1) is 11.3 Å². The number of thioether (sulfide) groups is 1. The van der Waals surface area contributed by atoms with Gasteiger partial charge in [0.25, 0.3) is 5.78 Å². The fraction of sp³-hybridized carbons (Fsp3) is 0.217. The number of carbonyl (C=O) groups excluding carboxylic acids is 1. The van der Waals surface area contributed by atoms with Gasteiger partial charge in [0, 0.05) is 18.4 Å². The second kappa shape index (κ2) is 7.44. The zero-order chi connectivity index (χ0) is 19.8. The predicted octanol–water partition coefficient (Wildman–Crippen LogP) is 4.64. The van der Waals surface area contributed by atoms with Crippen molar-refractivity contribution in [1.29, 1.82) is 0 Å². The van der Waals surface area contributed by atoms with Gasteiger partial charge in [-0.3, -0.25) is 4.79 Å². The Morgan fingerprint density at radius 3 is 2.62 bits per heavy atom. The van der Waals surface area contributed by atoms with E-state index in [2.05, 4.69) is 53.4 Å². The van der Waals surface area contributed by atoms with E-state index in [0.717, 1.165) is 17.9 Å². The number of Topliss-reactive ketones (excluding diaryl/α,β-unsaturated/α-hetero) is 1. The maximum Gasteiger partial charge on any atom is 0.253 e. The van der Waals surface area contributed by atoms with Crippen molar-refractivity contribution in [2.45, 2.75) is 36.6 Å². The van der Waals surface area contributed by atoms with Crippen molar-refractivity contribution in [2.24, 2.45) is 0 Å². The molecule has 0 unspecified atom stereocenters. The second-order valence-electron chi connectivity index (χ2n) is 7.45. The standard InChI is InChI=1S/C23H20N4OS/c1-15-7-9-17(10-8-15)18-11-20-19(21(28)12-18)13-27-22(24-20)25-23(26-27)29-14-16-5-3-2-4-6-16/h2-10,13,18H,11-12,14H2,1H3/t18-/m0/s1. The van der Waals surface area contributed by atoms with Gasteiger partial charge in [-0.1, -0.05) is 71.9 Å². The third-order valence-corrected chi connectivity index (χ3v) is 6.23. The minimum Gasteiger partial charge on any atom is -0.294 e. The SMILES string of the molecule is Cc1ccc([C@@H]2CC(=O)c3cn4nc(SCc5ccccc5)nc4nc3C2)cc1. The van der Waals surface area contributed by atoms with Gasteiger partial charge in [-0.05, 0) is 30.4 Å². The van der Waals surface area contributed by atoms with E-state index >= 15 is 0 Å². The number of nitrogens with zero attached hydrogens (tertiary/aromatic N) is 4. The van der Waals surface area contributed by atoms with Crippen molar-refractivity contribution in [3.63, 3.8) is 0 Å². The molecule has 2 aromatic heterocycles. The average Bonchev–Trinajstić information content (AvgIpc) is 3.14. The summed E-state index contributed by atoms with van der Waals surface area (Å²) in [5.74, 6) is 1.64. The van der Waals surface area contributed by atoms with Crippen molar-refractivity contribution in [3.05, 3.63) is 88.7 Å². The highest BCUT2D eigenvalue weighted by Gasteiger charge is 2.28. The molecule has 2 heterocycles. The van der Waals surface area contributed by atoms with Gasteiger partial charge in [-0.25, -0.2) is 9.50 Å². The number of aromatic nitrogens is 4. The lowest BCUT2D eigenvalue weighted by atomic mass is 9.82. The molecular formula is C23H20N4OS. The quantitative estimate of drug-likeness (QED) is 0.467. The molecule has 2 aromatic carbocycles. The highest BCUT2D eigenvalue weighted by atomic mass is 32.2. The summed E-state index contributed by atoms with van der Waals surface area (Å²) >= 11 is 1.57. The maximum atomic E-state index is 12.8. The predicted molar refractivity (Wildman–Crippen MR) is 113 cm³/mol. The first kappa shape index (κ1) is 18.1. The molecular weight excluding hydrogens is 380 g/mol. The Morgan fingerprint density at radius 2 is 1.83 bits per heavy atom. The molecule has 1 atom stereocenters. The van der Waals surface area contributed by atoms with Crippen LogP contribution in [-0.2, 0) is 12.2 Å². The molecule has 0 fully saturated rings. The van der Waals surface area contributed by atoms with Gasteiger partial charge >= 0.3 is 0 Å². The Morgan fingerprint density at radius 1 is 1.03 bits per heavy atom. The van der Waals surface area contributed by atoms with E-state index in [1.165, 1.54) is 16.7 Å². The molecule has 0 N–H and O–H groups in total. The van der Waals surface area contributed by atoms with Crippen molar-refractivity contribution >= 4 is 23.3 Å². The van der Waals surface area contributed by atoms with Gasteiger partial charge in [0.1, 0.15) is 0 Å². The largest absolute Gasteiger partial charge is 0.294 e. The third-order valence-electron chi connectivity index (χ3n) is 5.32. The molecule has 0 saturated heterocycles. The number of hydrogen-bond acceptors (Lipinski definition) is 5. The number of ketones is 1. The summed E-state index contributed by atoms with van der Waals surface area (Å²) < 4.78 is 1.64. The number of aryl methyl sites for hydroxylation is 1. The Bertz CT molecular complexity index is 1180. The van der Waals surface area contributed by atoms with Crippen LogP contribution in [0.5, 0.6) is 0 Å². The van der Waals surface area contributed by atoms with Crippen LogP contribution in [0.15, 0.2) is 66.0 Å². The Hall–Kier alpha value is -2.99. The molecule has 144 valence electrons. The van der Waals surface area contributed by atoms with Gasteiger partial charge in [-0.15, -0.1) is 5.10 Å². The molecule has 5 nitrogen and oxygen atoms in total. The Kier molecular flexibility index (Phi) is 4.64. The molecule has 4 aromatic rings. The molecule has 0 amide bonds. The summed E-state index contributed by atoms with van der Waals surface area (Å²) in [4.78, 5) is 22.0. The highest BCUT2D eigenvalue weighted by molar-refractivity contribution is 7.98. The van der Waals surface area contributed by atoms with Gasteiger partial charge in [-0.2, -0.15) is 4.98 Å². The van der Waals surface area contributed by atoms with E-state index in [4.69, 9.17) is 4.98 Å². The Balaban J connectivity index is 1.41. The molecule has 0 spiro atoms. The summed E-state index contributed by atoms with van der Waals surface area (Å²) in [7, 11) is 0. The smallest absolute Gasteiger partial charge is 0.253 e. The van der Waals surface area contributed by atoms with Crippen LogP contribution < -0.4 is 0 Å². The number of hydrogen-bond donors (Lipinski definition) is 0. The number of fused-ring (bicyclic) bond motifs is 2. The van der Waals surface area contributed by atoms with Crippen LogP contribution in [0, 0.1) is 6.92 Å². The zero-order valence-electron chi connectivity index (χ0n) is 16.1. The van der Waals surface area contributed by atoms with Gasteiger partial charge in [0.2, 0.25) is 5.16 Å². The van der Waals surface area contributed by atoms with Crippen LogP contribution in [0.1, 0.15) is 45.1 Å². The van der Waals surface area contributed by atoms with E-state index in [-0.39, 0.29) is 11.7 Å². The minimum atomic E-state index is 0.125. The topological polar surface area (TPSA) is 60.2 Å². The van der Waals surface area contributed by atoms with Crippen molar-refractivity contribution in [2.75, 3.05) is 0 Å². The Labute approximate surface area is 173 Å². The first-order valence-electron chi connectivity index (χ1n) is 9.68. The van der Waals surface area contributed by atoms with E-state index in [9.17, 15) is 4.79 Å². The summed E-state index contributed by atoms with van der Waals surface area (Å²) in [6.07, 6.45) is 3.05. The number of benzene rings is 2. The monoisotopic (exact) mass is 400 g/mol. The first-order valence-corrected chi connectivity index (χ1v) is 10.7. The normalized spacial score (nSPS) is 16.2. The summed E-state index contributed by atoms with van der Waals surface area (Å²) in [6, 6.07) is 18.7. The third kappa shape index (κ3) is 3.68. The van der Waals surface area contributed by atoms with E-state index in [0.29, 0.717) is 22.9 Å². The van der Waals surface area contributed by atoms with Crippen LogP contribution >= 0.6 is 11.8 Å². The van der Waals surface area contributed by atoms with E-state index < -0.39 is 0 Å². The van der Waals surface area contributed by atoms with Crippen LogP contribution in [-0.4, -0.2) is 25.4 Å². The van der Waals surface area contributed by atoms with Crippen LogP contribution in [0.3, 0.4) is 0 Å². The molecule has 1 aliphatic rings. The zero-order valence-corrected chi connectivity index (χ0v) is 16.9. The molecule has 0 radical (unpaired) electrons. The van der Waals surface area contributed by atoms with Crippen LogP contribution in [0.2, 0.25) is 0 Å². The van der Waals surface area contributed by atoms with E-state index in [1.54, 1.807) is 22.5 Å².